The van der Waals surface area contributed by atoms with E-state index in [1.807, 2.05) is 13.0 Å². The van der Waals surface area contributed by atoms with Crippen LogP contribution in [-0.2, 0) is 11.3 Å². The van der Waals surface area contributed by atoms with Gasteiger partial charge < -0.3 is 4.84 Å². The molecule has 1 aromatic rings. The van der Waals surface area contributed by atoms with Crippen LogP contribution in [-0.4, -0.2) is 12.3 Å². The van der Waals surface area contributed by atoms with Gasteiger partial charge in [0.05, 0.1) is 10.0 Å². The lowest BCUT2D eigenvalue weighted by Gasteiger charge is -1.95. The lowest BCUT2D eigenvalue weighted by Crippen LogP contribution is -1.94. The second-order valence-corrected chi connectivity index (χ2v) is 4.61. The summed E-state index contributed by atoms with van der Waals surface area (Å²) in [5.74, 6) is 0. The van der Waals surface area contributed by atoms with Crippen LogP contribution in [0.4, 0.5) is 0 Å². The van der Waals surface area contributed by atoms with Crippen LogP contribution in [0.3, 0.4) is 0 Å². The highest BCUT2D eigenvalue weighted by atomic mass is 35.5. The van der Waals surface area contributed by atoms with Crippen LogP contribution >= 0.6 is 22.9 Å². The molecule has 0 aromatic carbocycles. The monoisotopic (exact) mass is 215 g/mol. The molecule has 0 N–H and O–H groups in total. The van der Waals surface area contributed by atoms with Crippen molar-refractivity contribution >= 4 is 28.6 Å². The van der Waals surface area contributed by atoms with E-state index in [4.69, 9.17) is 16.4 Å². The summed E-state index contributed by atoms with van der Waals surface area (Å²) in [5.41, 5.74) is 2.23. The van der Waals surface area contributed by atoms with E-state index in [2.05, 4.69) is 5.16 Å². The second-order valence-electron chi connectivity index (χ2n) is 2.84. The molecule has 0 atom stereocenters. The first kappa shape index (κ1) is 9.03. The predicted octanol–water partition coefficient (Wildman–Crippen LogP) is 3.09. The summed E-state index contributed by atoms with van der Waals surface area (Å²) in [7, 11) is 0. The first-order valence-corrected chi connectivity index (χ1v) is 5.48. The van der Waals surface area contributed by atoms with Crippen molar-refractivity contribution in [1.82, 2.24) is 0 Å². The molecule has 1 aliphatic carbocycles. The number of fused-ring (bicyclic) bond motifs is 1. The summed E-state index contributed by atoms with van der Waals surface area (Å²) in [6, 6.07) is 1.98. The SMILES string of the molecule is CCO/N=C1/CCc2sc(Cl)cc21. The van der Waals surface area contributed by atoms with Crippen LogP contribution in [0, 0.1) is 0 Å². The van der Waals surface area contributed by atoms with Gasteiger partial charge >= 0.3 is 0 Å². The molecular weight excluding hydrogens is 206 g/mol. The Morgan fingerprint density at radius 2 is 2.46 bits per heavy atom. The van der Waals surface area contributed by atoms with E-state index in [1.165, 1.54) is 10.4 Å². The summed E-state index contributed by atoms with van der Waals surface area (Å²) >= 11 is 7.54. The number of halogens is 1. The Morgan fingerprint density at radius 3 is 3.23 bits per heavy atom. The van der Waals surface area contributed by atoms with E-state index < -0.39 is 0 Å². The minimum Gasteiger partial charge on any atom is -0.396 e. The molecule has 0 aliphatic heterocycles. The Hall–Kier alpha value is -0.540. The normalized spacial score (nSPS) is 17.8. The molecule has 0 bridgehead atoms. The van der Waals surface area contributed by atoms with Crippen molar-refractivity contribution in [1.29, 1.82) is 0 Å². The average molecular weight is 216 g/mol. The zero-order valence-electron chi connectivity index (χ0n) is 7.34. The van der Waals surface area contributed by atoms with Gasteiger partial charge in [0.25, 0.3) is 0 Å². The first-order chi connectivity index (χ1) is 6.31. The molecule has 0 fully saturated rings. The van der Waals surface area contributed by atoms with Gasteiger partial charge in [-0.05, 0) is 25.8 Å². The second kappa shape index (κ2) is 3.68. The Labute approximate surface area is 86.2 Å². The zero-order valence-corrected chi connectivity index (χ0v) is 8.91. The van der Waals surface area contributed by atoms with Gasteiger partial charge in [-0.2, -0.15) is 0 Å². The van der Waals surface area contributed by atoms with Crippen molar-refractivity contribution in [3.63, 3.8) is 0 Å². The van der Waals surface area contributed by atoms with E-state index in [0.29, 0.717) is 6.61 Å². The smallest absolute Gasteiger partial charge is 0.114 e. The fourth-order valence-corrected chi connectivity index (χ4v) is 2.72. The maximum atomic E-state index is 5.90. The van der Waals surface area contributed by atoms with Crippen molar-refractivity contribution in [3.05, 3.63) is 20.8 Å². The highest BCUT2D eigenvalue weighted by Crippen LogP contribution is 2.33. The fraction of sp³-hybridized carbons (Fsp3) is 0.444. The Morgan fingerprint density at radius 1 is 1.62 bits per heavy atom. The quantitative estimate of drug-likeness (QED) is 0.695. The molecule has 0 saturated heterocycles. The number of hydrogen-bond acceptors (Lipinski definition) is 3. The van der Waals surface area contributed by atoms with Crippen molar-refractivity contribution in [2.45, 2.75) is 19.8 Å². The van der Waals surface area contributed by atoms with Gasteiger partial charge in [-0.25, -0.2) is 0 Å². The minimum atomic E-state index is 0.622. The van der Waals surface area contributed by atoms with Crippen LogP contribution in [0.25, 0.3) is 0 Å². The van der Waals surface area contributed by atoms with Crippen molar-refractivity contribution in [2.24, 2.45) is 5.16 Å². The largest absolute Gasteiger partial charge is 0.396 e. The number of oxime groups is 1. The molecule has 13 heavy (non-hydrogen) atoms. The van der Waals surface area contributed by atoms with Gasteiger partial charge in [-0.15, -0.1) is 11.3 Å². The van der Waals surface area contributed by atoms with Crippen LogP contribution in [0.2, 0.25) is 4.34 Å². The standard InChI is InChI=1S/C9H10ClNOS/c1-2-12-11-7-3-4-8-6(7)5-9(10)13-8/h5H,2-4H2,1H3/b11-7-. The van der Waals surface area contributed by atoms with E-state index in [9.17, 15) is 0 Å². The third-order valence-corrected chi connectivity index (χ3v) is 3.31. The molecule has 0 amide bonds. The molecule has 4 heteroatoms. The van der Waals surface area contributed by atoms with Gasteiger partial charge in [0.1, 0.15) is 6.61 Å². The summed E-state index contributed by atoms with van der Waals surface area (Å²) in [4.78, 5) is 6.37. The summed E-state index contributed by atoms with van der Waals surface area (Å²) in [6.45, 7) is 2.55. The van der Waals surface area contributed by atoms with E-state index in [-0.39, 0.29) is 0 Å². The lowest BCUT2D eigenvalue weighted by atomic mass is 10.2. The molecular formula is C9H10ClNOS. The van der Waals surface area contributed by atoms with Crippen LogP contribution in [0.5, 0.6) is 0 Å². The molecule has 1 aromatic heterocycles. The third-order valence-electron chi connectivity index (χ3n) is 1.98. The molecule has 70 valence electrons. The lowest BCUT2D eigenvalue weighted by molar-refractivity contribution is 0.158. The van der Waals surface area contributed by atoms with Gasteiger partial charge in [-0.3, -0.25) is 0 Å². The van der Waals surface area contributed by atoms with E-state index >= 15 is 0 Å². The molecule has 1 aliphatic rings. The summed E-state index contributed by atoms with van der Waals surface area (Å²) in [6.07, 6.45) is 2.04. The number of thiophene rings is 1. The van der Waals surface area contributed by atoms with Crippen LogP contribution in [0.1, 0.15) is 23.8 Å². The highest BCUT2D eigenvalue weighted by molar-refractivity contribution is 7.16. The molecule has 1 heterocycles. The Kier molecular flexibility index (Phi) is 2.56. The fourth-order valence-electron chi connectivity index (χ4n) is 1.43. The zero-order chi connectivity index (χ0) is 9.26. The molecule has 2 nitrogen and oxygen atoms in total. The number of aryl methyl sites for hydroxylation is 1. The number of rotatable bonds is 2. The predicted molar refractivity (Wildman–Crippen MR) is 55.8 cm³/mol. The summed E-state index contributed by atoms with van der Waals surface area (Å²) in [5, 5.41) is 4.06. The summed E-state index contributed by atoms with van der Waals surface area (Å²) < 4.78 is 0.842. The number of nitrogens with zero attached hydrogens (tertiary/aromatic N) is 1. The number of hydrogen-bond donors (Lipinski definition) is 0. The van der Waals surface area contributed by atoms with Crippen LogP contribution < -0.4 is 0 Å². The molecule has 0 spiro atoms. The Balaban J connectivity index is 2.26. The van der Waals surface area contributed by atoms with Gasteiger partial charge in [-0.1, -0.05) is 16.8 Å². The Bertz CT molecular complexity index is 345. The topological polar surface area (TPSA) is 21.6 Å². The highest BCUT2D eigenvalue weighted by Gasteiger charge is 2.21. The van der Waals surface area contributed by atoms with Crippen LogP contribution in [0.15, 0.2) is 11.2 Å². The van der Waals surface area contributed by atoms with Gasteiger partial charge in [0.15, 0.2) is 0 Å². The molecule has 0 unspecified atom stereocenters. The first-order valence-electron chi connectivity index (χ1n) is 4.28. The van der Waals surface area contributed by atoms with Crippen molar-refractivity contribution in [3.8, 4) is 0 Å². The van der Waals surface area contributed by atoms with E-state index in [0.717, 1.165) is 22.9 Å². The maximum Gasteiger partial charge on any atom is 0.114 e. The van der Waals surface area contributed by atoms with Gasteiger partial charge in [0.2, 0.25) is 0 Å². The maximum absolute atomic E-state index is 5.90. The van der Waals surface area contributed by atoms with Crippen molar-refractivity contribution in [2.75, 3.05) is 6.61 Å². The molecule has 0 radical (unpaired) electrons. The van der Waals surface area contributed by atoms with E-state index in [1.54, 1.807) is 11.3 Å². The third kappa shape index (κ3) is 1.71. The van der Waals surface area contributed by atoms with Gasteiger partial charge in [0, 0.05) is 10.4 Å². The average Bonchev–Trinajstić information content (AvgIpc) is 2.61. The molecule has 2 rings (SSSR count). The van der Waals surface area contributed by atoms with Crippen molar-refractivity contribution < 1.29 is 4.84 Å². The minimum absolute atomic E-state index is 0.622. The molecule has 0 saturated carbocycles.